The van der Waals surface area contributed by atoms with Crippen LogP contribution in [0.15, 0.2) is 47.4 Å². The van der Waals surface area contributed by atoms with E-state index in [4.69, 9.17) is 0 Å². The fourth-order valence-electron chi connectivity index (χ4n) is 3.83. The molecule has 0 radical (unpaired) electrons. The number of amides is 2. The number of carbonyl (C=O) groups is 2. The number of hydrogen-bond acceptors (Lipinski definition) is 4. The number of hydrogen-bond donors (Lipinski definition) is 1. The van der Waals surface area contributed by atoms with Crippen molar-refractivity contribution < 1.29 is 23.1 Å². The van der Waals surface area contributed by atoms with Crippen molar-refractivity contribution in [3.63, 3.8) is 0 Å². The predicted molar refractivity (Wildman–Crippen MR) is 121 cm³/mol. The number of benzene rings is 2. The van der Waals surface area contributed by atoms with Crippen molar-refractivity contribution >= 4 is 33.2 Å². The minimum atomic E-state index is -3.29. The lowest BCUT2D eigenvalue weighted by atomic mass is 10.00. The Hall–Kier alpha value is -2.87. The van der Waals surface area contributed by atoms with Gasteiger partial charge < -0.3 is 10.0 Å². The summed E-state index contributed by atoms with van der Waals surface area (Å²) in [6.07, 6.45) is -0.697. The first-order valence-electron chi connectivity index (χ1n) is 10.3. The van der Waals surface area contributed by atoms with Gasteiger partial charge in [0, 0.05) is 13.0 Å². The summed E-state index contributed by atoms with van der Waals surface area (Å²) in [4.78, 5) is 28.0. The molecule has 0 aliphatic carbocycles. The molecule has 1 atom stereocenters. The number of sulfone groups is 1. The number of fused-ring (bicyclic) bond motifs is 1. The Morgan fingerprint density at radius 2 is 1.68 bits per heavy atom. The topological polar surface area (TPSA) is 95.0 Å². The highest BCUT2D eigenvalue weighted by molar-refractivity contribution is 7.91. The summed E-state index contributed by atoms with van der Waals surface area (Å²) in [5, 5.41) is 9.74. The molecule has 0 aromatic heterocycles. The zero-order chi connectivity index (χ0) is 22.9. The van der Waals surface area contributed by atoms with E-state index in [1.54, 1.807) is 48.2 Å². The lowest BCUT2D eigenvalue weighted by Crippen LogP contribution is -2.51. The van der Waals surface area contributed by atoms with E-state index in [0.29, 0.717) is 17.8 Å². The normalized spacial score (nSPS) is 16.4. The average Bonchev–Trinajstić information content (AvgIpc) is 2.72. The minimum Gasteiger partial charge on any atom is -0.465 e. The quantitative estimate of drug-likeness (QED) is 0.737. The first-order valence-corrected chi connectivity index (χ1v) is 12.0. The van der Waals surface area contributed by atoms with Gasteiger partial charge in [0.05, 0.1) is 28.1 Å². The molecule has 1 aliphatic rings. The Morgan fingerprint density at radius 1 is 1.06 bits per heavy atom. The largest absolute Gasteiger partial charge is 0.465 e. The maximum absolute atomic E-state index is 12.9. The van der Waals surface area contributed by atoms with Crippen LogP contribution in [0, 0.1) is 5.92 Å². The second-order valence-corrected chi connectivity index (χ2v) is 10.5. The fourth-order valence-corrected chi connectivity index (χ4v) is 4.72. The Labute approximate surface area is 183 Å². The second-order valence-electron chi connectivity index (χ2n) is 8.24. The molecule has 7 nitrogen and oxygen atoms in total. The Balaban J connectivity index is 2.05. The third-order valence-electron chi connectivity index (χ3n) is 5.42. The monoisotopic (exact) mass is 444 g/mol. The van der Waals surface area contributed by atoms with Crippen LogP contribution in [-0.2, 0) is 14.6 Å². The van der Waals surface area contributed by atoms with Crippen LogP contribution in [0.4, 0.5) is 16.2 Å². The molecule has 0 fully saturated rings. The van der Waals surface area contributed by atoms with Crippen LogP contribution in [0.1, 0.15) is 34.1 Å². The van der Waals surface area contributed by atoms with E-state index in [1.165, 1.54) is 4.90 Å². The summed E-state index contributed by atoms with van der Waals surface area (Å²) in [6.45, 7) is 7.58. The summed E-state index contributed by atoms with van der Waals surface area (Å²) >= 11 is 0. The van der Waals surface area contributed by atoms with Crippen molar-refractivity contribution in [2.45, 2.75) is 45.1 Å². The molecule has 0 spiro atoms. The van der Waals surface area contributed by atoms with Gasteiger partial charge in [-0.1, -0.05) is 39.0 Å². The van der Waals surface area contributed by atoms with Gasteiger partial charge in [0.25, 0.3) is 0 Å². The van der Waals surface area contributed by atoms with Gasteiger partial charge in [0.2, 0.25) is 5.91 Å². The second kappa shape index (κ2) is 8.70. The van der Waals surface area contributed by atoms with Gasteiger partial charge in [-0.05, 0) is 48.2 Å². The fraction of sp³-hybridized carbons (Fsp3) is 0.391. The van der Waals surface area contributed by atoms with Gasteiger partial charge >= 0.3 is 6.09 Å². The Kier molecular flexibility index (Phi) is 6.40. The smallest absolute Gasteiger partial charge is 0.411 e. The lowest BCUT2D eigenvalue weighted by molar-refractivity contribution is -0.119. The van der Waals surface area contributed by atoms with Crippen molar-refractivity contribution in [2.24, 2.45) is 5.92 Å². The summed E-state index contributed by atoms with van der Waals surface area (Å²) in [5.41, 5.74) is 2.53. The predicted octanol–water partition coefficient (Wildman–Crippen LogP) is 4.41. The molecule has 3 rings (SSSR count). The molecule has 31 heavy (non-hydrogen) atoms. The number of carbonyl (C=O) groups excluding carboxylic acids is 1. The number of anilines is 2. The molecule has 0 saturated carbocycles. The average molecular weight is 445 g/mol. The SMILES string of the molecule is CCS(=O)(=O)c1ccc(-c2ccc3c(c2)N(C(=O)O)C[C@H](C)N3C(=O)CC(C)C)cc1. The summed E-state index contributed by atoms with van der Waals surface area (Å²) in [7, 11) is -3.29. The summed E-state index contributed by atoms with van der Waals surface area (Å²) < 4.78 is 24.1. The maximum Gasteiger partial charge on any atom is 0.411 e. The molecule has 0 unspecified atom stereocenters. The van der Waals surface area contributed by atoms with Crippen molar-refractivity contribution in [1.29, 1.82) is 0 Å². The van der Waals surface area contributed by atoms with Gasteiger partial charge in [0.1, 0.15) is 0 Å². The first kappa shape index (κ1) is 22.8. The van der Waals surface area contributed by atoms with E-state index in [9.17, 15) is 23.1 Å². The third-order valence-corrected chi connectivity index (χ3v) is 7.17. The van der Waals surface area contributed by atoms with Crippen molar-refractivity contribution in [3.05, 3.63) is 42.5 Å². The zero-order valence-electron chi connectivity index (χ0n) is 18.2. The molecule has 1 N–H and O–H groups in total. The third kappa shape index (κ3) is 4.58. The lowest BCUT2D eigenvalue weighted by Gasteiger charge is -2.40. The van der Waals surface area contributed by atoms with Gasteiger partial charge in [-0.3, -0.25) is 9.69 Å². The van der Waals surface area contributed by atoms with Crippen LogP contribution in [0.3, 0.4) is 0 Å². The van der Waals surface area contributed by atoms with Crippen molar-refractivity contribution in [1.82, 2.24) is 0 Å². The number of rotatable bonds is 5. The molecule has 0 saturated heterocycles. The summed E-state index contributed by atoms with van der Waals surface area (Å²) in [6, 6.07) is 11.6. The molecule has 1 heterocycles. The Morgan fingerprint density at radius 3 is 2.23 bits per heavy atom. The van der Waals surface area contributed by atoms with Crippen molar-refractivity contribution in [3.8, 4) is 11.1 Å². The molecule has 2 amide bonds. The highest BCUT2D eigenvalue weighted by atomic mass is 32.2. The standard InChI is InChI=1S/C23H28N2O5S/c1-5-31(29,30)19-9-6-17(7-10-19)18-8-11-20-21(13-18)24(23(27)28)14-16(4)25(20)22(26)12-15(2)3/h6-11,13,15-16H,5,12,14H2,1-4H3,(H,27,28)/t16-/m0/s1. The van der Waals surface area contributed by atoms with Gasteiger partial charge in [-0.2, -0.15) is 0 Å². The van der Waals surface area contributed by atoms with E-state index in [1.807, 2.05) is 26.8 Å². The molecule has 2 aromatic rings. The number of nitrogens with zero attached hydrogens (tertiary/aromatic N) is 2. The molecule has 1 aliphatic heterocycles. The van der Waals surface area contributed by atoms with Crippen LogP contribution in [0.25, 0.3) is 11.1 Å². The first-order chi connectivity index (χ1) is 14.5. The van der Waals surface area contributed by atoms with Crippen molar-refractivity contribution in [2.75, 3.05) is 22.1 Å². The van der Waals surface area contributed by atoms with Gasteiger partial charge in [-0.15, -0.1) is 0 Å². The van der Waals surface area contributed by atoms with Gasteiger partial charge in [0.15, 0.2) is 9.84 Å². The molecule has 2 aromatic carbocycles. The van der Waals surface area contributed by atoms with Crippen LogP contribution < -0.4 is 9.80 Å². The van der Waals surface area contributed by atoms with Crippen LogP contribution in [-0.4, -0.2) is 43.9 Å². The molecular weight excluding hydrogens is 416 g/mol. The molecule has 8 heteroatoms. The minimum absolute atomic E-state index is 0.0250. The van der Waals surface area contributed by atoms with Crippen LogP contribution >= 0.6 is 0 Å². The van der Waals surface area contributed by atoms with E-state index in [0.717, 1.165) is 11.1 Å². The molecule has 166 valence electrons. The maximum atomic E-state index is 12.9. The highest BCUT2D eigenvalue weighted by Gasteiger charge is 2.35. The highest BCUT2D eigenvalue weighted by Crippen LogP contribution is 2.39. The molecule has 0 bridgehead atoms. The van der Waals surface area contributed by atoms with E-state index in [2.05, 4.69) is 0 Å². The van der Waals surface area contributed by atoms with Gasteiger partial charge in [-0.25, -0.2) is 13.2 Å². The van der Waals surface area contributed by atoms with E-state index >= 15 is 0 Å². The molecular formula is C23H28N2O5S. The Bertz CT molecular complexity index is 1090. The zero-order valence-corrected chi connectivity index (χ0v) is 19.0. The van der Waals surface area contributed by atoms with Crippen LogP contribution in [0.5, 0.6) is 0 Å². The van der Waals surface area contributed by atoms with E-state index < -0.39 is 15.9 Å². The summed E-state index contributed by atoms with van der Waals surface area (Å²) in [5.74, 6) is 0.186. The number of carboxylic acid groups (broad SMARTS) is 1. The van der Waals surface area contributed by atoms with E-state index in [-0.39, 0.29) is 35.1 Å². The van der Waals surface area contributed by atoms with Crippen LogP contribution in [0.2, 0.25) is 0 Å².